The molecule has 0 bridgehead atoms. The van der Waals surface area contributed by atoms with Crippen molar-refractivity contribution in [1.82, 2.24) is 10.2 Å². The van der Waals surface area contributed by atoms with Crippen LogP contribution in [0.25, 0.3) is 0 Å². The number of carbonyl (C=O) groups is 2. The molecule has 0 unspecified atom stereocenters. The molecule has 0 saturated heterocycles. The highest BCUT2D eigenvalue weighted by Crippen LogP contribution is 2.08. The third-order valence-electron chi connectivity index (χ3n) is 1.82. The number of rotatable bonds is 5. The van der Waals surface area contributed by atoms with Crippen LogP contribution in [-0.4, -0.2) is 48.0 Å². The van der Waals surface area contributed by atoms with Gasteiger partial charge in [-0.25, -0.2) is 4.79 Å². The van der Waals surface area contributed by atoms with Crippen molar-refractivity contribution in [2.75, 3.05) is 25.5 Å². The molecule has 0 aromatic rings. The molecule has 0 aliphatic rings. The van der Waals surface area contributed by atoms with E-state index in [0.717, 1.165) is 0 Å². The van der Waals surface area contributed by atoms with Gasteiger partial charge in [0, 0.05) is 20.1 Å². The van der Waals surface area contributed by atoms with Crippen LogP contribution in [0.1, 0.15) is 27.2 Å². The molecule has 5 nitrogen and oxygen atoms in total. The van der Waals surface area contributed by atoms with Crippen LogP contribution in [0.4, 0.5) is 4.79 Å². The van der Waals surface area contributed by atoms with Gasteiger partial charge in [0.05, 0.1) is 5.33 Å². The molecular formula is C11H21BrN2O3. The molecule has 100 valence electrons. The minimum absolute atomic E-state index is 0.0510. The first-order valence-electron chi connectivity index (χ1n) is 5.53. The van der Waals surface area contributed by atoms with Crippen LogP contribution in [0.5, 0.6) is 0 Å². The van der Waals surface area contributed by atoms with Crippen LogP contribution in [0.15, 0.2) is 0 Å². The van der Waals surface area contributed by atoms with E-state index < -0.39 is 5.60 Å². The number of hydrogen-bond acceptors (Lipinski definition) is 3. The van der Waals surface area contributed by atoms with E-state index in [4.69, 9.17) is 4.74 Å². The maximum Gasteiger partial charge on any atom is 0.410 e. The van der Waals surface area contributed by atoms with Crippen LogP contribution >= 0.6 is 15.9 Å². The van der Waals surface area contributed by atoms with Crippen molar-refractivity contribution < 1.29 is 14.3 Å². The number of ether oxygens (including phenoxy) is 1. The molecule has 17 heavy (non-hydrogen) atoms. The summed E-state index contributed by atoms with van der Waals surface area (Å²) in [4.78, 5) is 24.0. The second-order valence-electron chi connectivity index (χ2n) is 4.74. The molecule has 0 spiro atoms. The number of amides is 2. The van der Waals surface area contributed by atoms with Crippen LogP contribution in [0, 0.1) is 0 Å². The second-order valence-corrected chi connectivity index (χ2v) is 5.30. The van der Waals surface area contributed by atoms with E-state index in [2.05, 4.69) is 21.2 Å². The summed E-state index contributed by atoms with van der Waals surface area (Å²) >= 11 is 3.06. The fourth-order valence-corrected chi connectivity index (χ4v) is 1.22. The summed E-state index contributed by atoms with van der Waals surface area (Å²) in [5.74, 6) is -0.0510. The summed E-state index contributed by atoms with van der Waals surface area (Å²) in [6.45, 7) is 6.59. The first kappa shape index (κ1) is 16.2. The second kappa shape index (κ2) is 7.53. The van der Waals surface area contributed by atoms with Crippen LogP contribution in [-0.2, 0) is 9.53 Å². The number of carbonyl (C=O) groups excluding carboxylic acids is 2. The summed E-state index contributed by atoms with van der Waals surface area (Å²) in [7, 11) is 1.68. The average Bonchev–Trinajstić information content (AvgIpc) is 2.21. The Morgan fingerprint density at radius 2 is 1.94 bits per heavy atom. The highest BCUT2D eigenvalue weighted by atomic mass is 79.9. The molecule has 0 aromatic carbocycles. The molecule has 1 N–H and O–H groups in total. The van der Waals surface area contributed by atoms with Gasteiger partial charge in [-0.15, -0.1) is 0 Å². The predicted molar refractivity (Wildman–Crippen MR) is 70.3 cm³/mol. The molecular weight excluding hydrogens is 288 g/mol. The van der Waals surface area contributed by atoms with Crippen molar-refractivity contribution >= 4 is 27.9 Å². The van der Waals surface area contributed by atoms with Gasteiger partial charge in [0.2, 0.25) is 5.91 Å². The van der Waals surface area contributed by atoms with Gasteiger partial charge >= 0.3 is 6.09 Å². The Labute approximate surface area is 111 Å². The Hall–Kier alpha value is -0.780. The summed E-state index contributed by atoms with van der Waals surface area (Å²) in [6.07, 6.45) is 0.360. The molecule has 2 amide bonds. The smallest absolute Gasteiger partial charge is 0.410 e. The number of alkyl halides is 1. The molecule has 6 heteroatoms. The fraction of sp³-hybridized carbons (Fsp3) is 0.818. The number of halogens is 1. The molecule has 0 atom stereocenters. The van der Waals surface area contributed by atoms with Crippen molar-refractivity contribution in [3.05, 3.63) is 0 Å². The van der Waals surface area contributed by atoms with Crippen molar-refractivity contribution in [2.24, 2.45) is 0 Å². The molecule has 0 saturated carbocycles. The van der Waals surface area contributed by atoms with E-state index in [0.29, 0.717) is 24.8 Å². The van der Waals surface area contributed by atoms with Gasteiger partial charge < -0.3 is 15.0 Å². The van der Waals surface area contributed by atoms with E-state index in [-0.39, 0.29) is 12.0 Å². The van der Waals surface area contributed by atoms with Crippen molar-refractivity contribution in [1.29, 1.82) is 0 Å². The van der Waals surface area contributed by atoms with Crippen molar-refractivity contribution in [3.8, 4) is 0 Å². The Morgan fingerprint density at radius 1 is 1.35 bits per heavy atom. The standard InChI is InChI=1S/C11H21BrN2O3/c1-11(2,3)17-10(16)14(4)7-5-6-13-9(15)8-12/h5-8H2,1-4H3,(H,13,15). The predicted octanol–water partition coefficient (Wildman–Crippen LogP) is 1.75. The Morgan fingerprint density at radius 3 is 2.41 bits per heavy atom. The molecule has 0 aromatic heterocycles. The molecule has 0 aliphatic heterocycles. The Bertz CT molecular complexity index is 264. The zero-order valence-electron chi connectivity index (χ0n) is 10.9. The van der Waals surface area contributed by atoms with Crippen molar-refractivity contribution in [2.45, 2.75) is 32.8 Å². The van der Waals surface area contributed by atoms with Gasteiger partial charge in [0.15, 0.2) is 0 Å². The summed E-state index contributed by atoms with van der Waals surface area (Å²) in [6, 6.07) is 0. The van der Waals surface area contributed by atoms with E-state index in [1.807, 2.05) is 20.8 Å². The van der Waals surface area contributed by atoms with E-state index in [1.165, 1.54) is 4.90 Å². The summed E-state index contributed by atoms with van der Waals surface area (Å²) < 4.78 is 5.19. The van der Waals surface area contributed by atoms with Gasteiger partial charge in [-0.2, -0.15) is 0 Å². The minimum atomic E-state index is -0.477. The van der Waals surface area contributed by atoms with Gasteiger partial charge in [-0.1, -0.05) is 15.9 Å². The maximum absolute atomic E-state index is 11.6. The first-order valence-corrected chi connectivity index (χ1v) is 6.65. The van der Waals surface area contributed by atoms with Gasteiger partial charge in [0.1, 0.15) is 5.60 Å². The summed E-state index contributed by atoms with van der Waals surface area (Å²) in [5, 5.41) is 3.01. The highest BCUT2D eigenvalue weighted by molar-refractivity contribution is 9.09. The third kappa shape index (κ3) is 8.97. The average molecular weight is 309 g/mol. The molecule has 0 fully saturated rings. The van der Waals surface area contributed by atoms with Crippen LogP contribution < -0.4 is 5.32 Å². The molecule has 0 heterocycles. The Kier molecular flexibility index (Phi) is 7.18. The van der Waals surface area contributed by atoms with E-state index in [1.54, 1.807) is 7.05 Å². The molecule has 0 rings (SSSR count). The lowest BCUT2D eigenvalue weighted by Gasteiger charge is -2.24. The summed E-state index contributed by atoms with van der Waals surface area (Å²) in [5.41, 5.74) is -0.477. The highest BCUT2D eigenvalue weighted by Gasteiger charge is 2.18. The molecule has 0 radical (unpaired) electrons. The topological polar surface area (TPSA) is 58.6 Å². The SMILES string of the molecule is CN(CCCNC(=O)CBr)C(=O)OC(C)(C)C. The normalized spacial score (nSPS) is 10.9. The lowest BCUT2D eigenvalue weighted by molar-refractivity contribution is -0.118. The van der Waals surface area contributed by atoms with Crippen LogP contribution in [0.2, 0.25) is 0 Å². The number of nitrogens with one attached hydrogen (secondary N) is 1. The van der Waals surface area contributed by atoms with Crippen LogP contribution in [0.3, 0.4) is 0 Å². The first-order chi connectivity index (χ1) is 7.76. The van der Waals surface area contributed by atoms with Gasteiger partial charge in [0.25, 0.3) is 0 Å². The number of hydrogen-bond donors (Lipinski definition) is 1. The maximum atomic E-state index is 11.6. The largest absolute Gasteiger partial charge is 0.444 e. The monoisotopic (exact) mass is 308 g/mol. The minimum Gasteiger partial charge on any atom is -0.444 e. The quantitative estimate of drug-likeness (QED) is 0.622. The van der Waals surface area contributed by atoms with Gasteiger partial charge in [-0.05, 0) is 27.2 Å². The van der Waals surface area contributed by atoms with Gasteiger partial charge in [-0.3, -0.25) is 4.79 Å². The van der Waals surface area contributed by atoms with Crippen molar-refractivity contribution in [3.63, 3.8) is 0 Å². The fourth-order valence-electron chi connectivity index (χ4n) is 1.02. The zero-order valence-corrected chi connectivity index (χ0v) is 12.5. The molecule has 0 aliphatic carbocycles. The third-order valence-corrected chi connectivity index (χ3v) is 2.33. The lowest BCUT2D eigenvalue weighted by atomic mass is 10.2. The zero-order chi connectivity index (χ0) is 13.5. The van der Waals surface area contributed by atoms with E-state index >= 15 is 0 Å². The lowest BCUT2D eigenvalue weighted by Crippen LogP contribution is -2.36. The Balaban J connectivity index is 3.75. The van der Waals surface area contributed by atoms with E-state index in [9.17, 15) is 9.59 Å². The number of nitrogens with zero attached hydrogens (tertiary/aromatic N) is 1.